The lowest BCUT2D eigenvalue weighted by Crippen LogP contribution is -2.62. The maximum Gasteiger partial charge on any atom is 0.216 e. The number of hydrogen-bond acceptors (Lipinski definition) is 11. The van der Waals surface area contributed by atoms with E-state index < -0.39 is 64.9 Å². The fourth-order valence-electron chi connectivity index (χ4n) is 6.27. The minimum atomic E-state index is -1.65. The van der Waals surface area contributed by atoms with Crippen LogP contribution in [0.1, 0.15) is 53.0 Å². The van der Waals surface area contributed by atoms with Crippen LogP contribution in [0, 0.1) is 18.4 Å². The highest BCUT2D eigenvalue weighted by Crippen LogP contribution is 2.32. The molecule has 6 aromatic rings. The molecule has 0 amide bonds. The Morgan fingerprint density at radius 2 is 1.23 bits per heavy atom. The zero-order chi connectivity index (χ0) is 45.2. The molecule has 4 aromatic carbocycles. The lowest BCUT2D eigenvalue weighted by Gasteiger charge is -2.46. The van der Waals surface area contributed by atoms with Gasteiger partial charge in [0, 0.05) is 6.54 Å². The number of anilines is 1. The van der Waals surface area contributed by atoms with E-state index >= 15 is 0 Å². The van der Waals surface area contributed by atoms with E-state index in [0.29, 0.717) is 47.8 Å². The van der Waals surface area contributed by atoms with E-state index in [1.165, 1.54) is 28.9 Å². The Kier molecular flexibility index (Phi) is 13.4. The van der Waals surface area contributed by atoms with E-state index in [0.717, 1.165) is 0 Å². The van der Waals surface area contributed by atoms with Gasteiger partial charge in [-0.1, -0.05) is 152 Å². The summed E-state index contributed by atoms with van der Waals surface area (Å²) < 4.78 is 69.5. The van der Waals surface area contributed by atoms with Gasteiger partial charge in [0.2, 0.25) is 5.78 Å². The van der Waals surface area contributed by atoms with Gasteiger partial charge < -0.3 is 29.0 Å². The van der Waals surface area contributed by atoms with Crippen molar-refractivity contribution in [3.05, 3.63) is 170 Å². The van der Waals surface area contributed by atoms with Gasteiger partial charge in [0.05, 0.1) is 60.1 Å². The van der Waals surface area contributed by atoms with Crippen LogP contribution in [-0.4, -0.2) is 67.5 Å². The molecular formula is C48H51N3O6S2Si. The minimum absolute atomic E-state index is 0.0619. The van der Waals surface area contributed by atoms with Crippen LogP contribution in [0.2, 0.25) is 19.6 Å². The van der Waals surface area contributed by atoms with E-state index in [4.69, 9.17) is 25.1 Å². The molecule has 1 saturated heterocycles. The van der Waals surface area contributed by atoms with Gasteiger partial charge in [-0.05, 0) is 35.1 Å². The molecule has 310 valence electrons. The van der Waals surface area contributed by atoms with Crippen LogP contribution in [0.4, 0.5) is 5.13 Å². The number of nitrogens with zero attached hydrogens (tertiary/aromatic N) is 2. The van der Waals surface area contributed by atoms with Crippen LogP contribution >= 0.6 is 22.7 Å². The largest absolute Gasteiger partial charge is 0.374 e. The van der Waals surface area contributed by atoms with Crippen molar-refractivity contribution < 1.29 is 34.0 Å². The number of carbonyl (C=O) groups is 1. The smallest absolute Gasteiger partial charge is 0.216 e. The van der Waals surface area contributed by atoms with Crippen molar-refractivity contribution in [2.75, 3.05) is 18.5 Å². The molecule has 9 atom stereocenters. The second kappa shape index (κ2) is 21.1. The summed E-state index contributed by atoms with van der Waals surface area (Å²) in [6.07, 6.45) is -3.56. The molecule has 1 aliphatic heterocycles. The minimum Gasteiger partial charge on any atom is -0.374 e. The van der Waals surface area contributed by atoms with E-state index in [1.54, 1.807) is 55.5 Å². The molecule has 5 unspecified atom stereocenters. The molecule has 7 rings (SSSR count). The van der Waals surface area contributed by atoms with Gasteiger partial charge in [-0.2, -0.15) is 0 Å². The summed E-state index contributed by atoms with van der Waals surface area (Å²) >= 11 is 2.46. The Morgan fingerprint density at radius 1 is 0.733 bits per heavy atom. The zero-order valence-electron chi connectivity index (χ0n) is 37.9. The first-order chi connectivity index (χ1) is 30.8. The van der Waals surface area contributed by atoms with Crippen LogP contribution < -0.4 is 5.32 Å². The van der Waals surface area contributed by atoms with Crippen LogP contribution in [0.5, 0.6) is 0 Å². The van der Waals surface area contributed by atoms with E-state index in [9.17, 15) is 8.91 Å². The number of hydrogen-bond donors (Lipinski definition) is 1. The van der Waals surface area contributed by atoms with Crippen molar-refractivity contribution in [2.45, 2.75) is 83.4 Å². The van der Waals surface area contributed by atoms with Crippen molar-refractivity contribution in [1.29, 1.82) is 0 Å². The Balaban J connectivity index is 1.22. The summed E-state index contributed by atoms with van der Waals surface area (Å²) in [4.78, 5) is 23.8. The van der Waals surface area contributed by atoms with E-state index in [1.807, 2.05) is 72.8 Å². The molecule has 1 N–H and O–H groups in total. The number of ether oxygens (including phenoxy) is 5. The van der Waals surface area contributed by atoms with Gasteiger partial charge in [0.25, 0.3) is 0 Å². The fraction of sp³-hybridized carbons (Fsp3) is 0.312. The Labute approximate surface area is 367 Å². The number of thiazole rings is 2. The Hall–Kier alpha value is -4.81. The number of rotatable bonds is 18. The van der Waals surface area contributed by atoms with Crippen molar-refractivity contribution in [2.24, 2.45) is 0 Å². The summed E-state index contributed by atoms with van der Waals surface area (Å²) in [6, 6.07) is 36.4. The molecule has 0 aliphatic carbocycles. The Bertz CT molecular complexity index is 2470. The third-order valence-electron chi connectivity index (χ3n) is 9.22. The number of aromatic nitrogens is 2. The first kappa shape index (κ1) is 38.1. The van der Waals surface area contributed by atoms with Crippen molar-refractivity contribution in [3.63, 3.8) is 0 Å². The number of aryl methyl sites for hydroxylation is 1. The quantitative estimate of drug-likeness (QED) is 0.0515. The zero-order valence-corrected chi connectivity index (χ0v) is 36.5. The molecule has 12 heteroatoms. The van der Waals surface area contributed by atoms with Crippen LogP contribution in [0.15, 0.2) is 128 Å². The molecule has 1 fully saturated rings. The normalized spacial score (nSPS) is 22.1. The van der Waals surface area contributed by atoms with Gasteiger partial charge in [-0.25, -0.2) is 9.97 Å². The predicted octanol–water partition coefficient (Wildman–Crippen LogP) is 9.52. The first-order valence-electron chi connectivity index (χ1n) is 22.0. The Morgan fingerprint density at radius 3 is 1.77 bits per heavy atom. The average Bonchev–Trinajstić information content (AvgIpc) is 3.95. The number of benzene rings is 4. The second-order valence-electron chi connectivity index (χ2n) is 15.1. The van der Waals surface area contributed by atoms with Gasteiger partial charge in [-0.3, -0.25) is 4.79 Å². The molecule has 9 nitrogen and oxygen atoms in total. The lowest BCUT2D eigenvalue weighted by molar-refractivity contribution is -0.269. The molecule has 2 aromatic heterocycles. The maximum atomic E-state index is 13.8. The molecule has 0 spiro atoms. The highest BCUT2D eigenvalue weighted by Gasteiger charge is 2.48. The standard InChI is InChI=1S/C48H51N3O6S2Si/c1-34-47(59-42(51-34)25-26-60(2,3)4)43(52)41-28-50-48(58-41)49-27-39-44(54-30-36-19-11-6-12-20-36)46(56-32-38-23-15-8-16-24-38)45(55-31-37-21-13-7-14-22-37)40(57-39)33-53-29-35-17-9-5-10-18-35/h5-24,28,39-40,44-46H,27,29-33H2,1-4H3,(H,49,50)/t39?,40-,44-,45-,46-/m1/s1/i29D,30D,31D,32D/t29?,30?,31?,32?,39?,40-,44-,45-,46-. The fourth-order valence-corrected chi connectivity index (χ4v) is 8.56. The monoisotopic (exact) mass is 861 g/mol. The molecular weight excluding hydrogens is 807 g/mol. The topological polar surface area (TPSA) is 101 Å². The molecule has 3 heterocycles. The molecule has 0 bridgehead atoms. The SMILES string of the molecule is [2H]C(OC[C@H]1OC(CNc2ncc(C(=O)c3sc(C#C[Si](C)(C)C)nc3C)s2)[C@@H](OC([2H])c2ccccc2)[C@@H](OC([2H])c2ccccc2)[C@@H]1OC([2H])c1ccccc1)c1ccccc1. The molecule has 0 saturated carbocycles. The van der Waals surface area contributed by atoms with Crippen LogP contribution in [0.3, 0.4) is 0 Å². The first-order valence-corrected chi connectivity index (χ1v) is 24.8. The summed E-state index contributed by atoms with van der Waals surface area (Å²) in [5.41, 5.74) is 6.31. The summed E-state index contributed by atoms with van der Waals surface area (Å²) in [7, 11) is -1.65. The average molecular weight is 862 g/mol. The maximum absolute atomic E-state index is 13.8. The summed E-state index contributed by atoms with van der Waals surface area (Å²) in [5.74, 6) is 2.96. The molecule has 1 aliphatic rings. The van der Waals surface area contributed by atoms with Gasteiger partial charge in [0.15, 0.2) is 10.1 Å². The summed E-state index contributed by atoms with van der Waals surface area (Å²) in [6.45, 7) is 3.47. The summed E-state index contributed by atoms with van der Waals surface area (Å²) in [5, 5.41) is 4.39. The number of nitrogens with one attached hydrogen (secondary N) is 1. The number of ketones is 1. The van der Waals surface area contributed by atoms with Crippen molar-refractivity contribution >= 4 is 41.7 Å². The van der Waals surface area contributed by atoms with Crippen LogP contribution in [0.25, 0.3) is 0 Å². The van der Waals surface area contributed by atoms with E-state index in [2.05, 4.69) is 46.4 Å². The predicted molar refractivity (Wildman–Crippen MR) is 241 cm³/mol. The van der Waals surface area contributed by atoms with Crippen LogP contribution in [-0.2, 0) is 50.0 Å². The van der Waals surface area contributed by atoms with Gasteiger partial charge >= 0.3 is 0 Å². The lowest BCUT2D eigenvalue weighted by atomic mass is 9.93. The van der Waals surface area contributed by atoms with Crippen molar-refractivity contribution in [1.82, 2.24) is 9.97 Å². The number of carbonyl (C=O) groups excluding carboxylic acids is 1. The second-order valence-corrected chi connectivity index (χ2v) is 21.9. The van der Waals surface area contributed by atoms with Gasteiger partial charge in [0.1, 0.15) is 38.6 Å². The van der Waals surface area contributed by atoms with Gasteiger partial charge in [-0.15, -0.1) is 16.9 Å². The highest BCUT2D eigenvalue weighted by atomic mass is 32.1. The third kappa shape index (κ3) is 12.4. The highest BCUT2D eigenvalue weighted by molar-refractivity contribution is 7.19. The molecule has 0 radical (unpaired) electrons. The third-order valence-corrected chi connectivity index (χ3v) is 12.1. The van der Waals surface area contributed by atoms with E-state index in [-0.39, 0.29) is 18.9 Å². The van der Waals surface area contributed by atoms with Crippen molar-refractivity contribution in [3.8, 4) is 11.5 Å². The molecule has 60 heavy (non-hydrogen) atoms.